The van der Waals surface area contributed by atoms with Crippen LogP contribution in [-0.2, 0) is 22.9 Å². The number of likely N-dealkylation sites (tertiary alicyclic amines) is 1. The number of aromatic nitrogens is 4. The van der Waals surface area contributed by atoms with E-state index in [2.05, 4.69) is 20.2 Å². The van der Waals surface area contributed by atoms with E-state index in [1.807, 2.05) is 41.8 Å². The van der Waals surface area contributed by atoms with Crippen molar-refractivity contribution in [3.05, 3.63) is 59.2 Å². The molecule has 0 aliphatic carbocycles. The molecular weight excluding hydrogens is 390 g/mol. The van der Waals surface area contributed by atoms with Gasteiger partial charge in [-0.1, -0.05) is 47.6 Å². The van der Waals surface area contributed by atoms with Crippen LogP contribution in [0.2, 0.25) is 0 Å². The van der Waals surface area contributed by atoms with E-state index in [1.54, 1.807) is 13.1 Å². The summed E-state index contributed by atoms with van der Waals surface area (Å²) in [4.78, 5) is 6.60. The maximum Gasteiger partial charge on any atom is 0.228 e. The minimum absolute atomic E-state index is 0.0222. The summed E-state index contributed by atoms with van der Waals surface area (Å²) in [6.07, 6.45) is 3.71. The van der Waals surface area contributed by atoms with Gasteiger partial charge < -0.3 is 4.57 Å². The van der Waals surface area contributed by atoms with Gasteiger partial charge in [-0.15, -0.1) is 0 Å². The van der Waals surface area contributed by atoms with Gasteiger partial charge in [-0.05, 0) is 31.9 Å². The van der Waals surface area contributed by atoms with Crippen molar-refractivity contribution in [3.63, 3.8) is 0 Å². The molecule has 3 heterocycles. The zero-order valence-corrected chi connectivity index (χ0v) is 17.5. The second kappa shape index (κ2) is 8.08. The Labute approximate surface area is 170 Å². The van der Waals surface area contributed by atoms with E-state index in [9.17, 15) is 8.42 Å². The van der Waals surface area contributed by atoms with Crippen molar-refractivity contribution < 1.29 is 13.0 Å². The molecule has 0 saturated carbocycles. The number of sulfone groups is 1. The quantitative estimate of drug-likeness (QED) is 0.586. The lowest BCUT2D eigenvalue weighted by Crippen LogP contribution is -2.26. The first-order valence-corrected chi connectivity index (χ1v) is 11.5. The predicted molar refractivity (Wildman–Crippen MR) is 107 cm³/mol. The van der Waals surface area contributed by atoms with Gasteiger partial charge in [0.25, 0.3) is 0 Å². The Morgan fingerprint density at radius 2 is 1.97 bits per heavy atom. The highest BCUT2D eigenvalue weighted by Gasteiger charge is 2.32. The lowest BCUT2D eigenvalue weighted by atomic mass is 10.1. The van der Waals surface area contributed by atoms with Crippen molar-refractivity contribution in [2.24, 2.45) is 0 Å². The number of rotatable bonds is 7. The summed E-state index contributed by atoms with van der Waals surface area (Å²) in [5.74, 6) is 0.0222. The number of imidazole rings is 1. The van der Waals surface area contributed by atoms with Crippen LogP contribution in [-0.4, -0.2) is 45.5 Å². The molecule has 0 N–H and O–H groups in total. The summed E-state index contributed by atoms with van der Waals surface area (Å²) >= 11 is 0. The summed E-state index contributed by atoms with van der Waals surface area (Å²) < 4.78 is 32.0. The Hall–Kier alpha value is -2.52. The maximum absolute atomic E-state index is 12.6. The lowest BCUT2D eigenvalue weighted by Gasteiger charge is -2.23. The number of aryl methyl sites for hydroxylation is 1. The first-order chi connectivity index (χ1) is 14.0. The molecule has 0 radical (unpaired) electrons. The third-order valence-electron chi connectivity index (χ3n) is 5.48. The van der Waals surface area contributed by atoms with Crippen molar-refractivity contribution in [1.29, 1.82) is 0 Å². The first kappa shape index (κ1) is 19.8. The second-order valence-corrected chi connectivity index (χ2v) is 9.54. The molecule has 0 bridgehead atoms. The normalized spacial score (nSPS) is 17.8. The van der Waals surface area contributed by atoms with Crippen molar-refractivity contribution >= 4 is 9.84 Å². The van der Waals surface area contributed by atoms with E-state index >= 15 is 0 Å². The van der Waals surface area contributed by atoms with Gasteiger partial charge in [0.15, 0.2) is 0 Å². The molecule has 1 saturated heterocycles. The topological polar surface area (TPSA) is 94.1 Å². The zero-order valence-electron chi connectivity index (χ0n) is 16.7. The Kier molecular flexibility index (Phi) is 5.51. The fourth-order valence-electron chi connectivity index (χ4n) is 3.90. The van der Waals surface area contributed by atoms with Crippen LogP contribution in [0.4, 0.5) is 0 Å². The van der Waals surface area contributed by atoms with Gasteiger partial charge in [-0.2, -0.15) is 0 Å². The highest BCUT2D eigenvalue weighted by molar-refractivity contribution is 7.91. The third-order valence-corrected chi connectivity index (χ3v) is 7.12. The van der Waals surface area contributed by atoms with Crippen LogP contribution >= 0.6 is 0 Å². The predicted octanol–water partition coefficient (Wildman–Crippen LogP) is 2.75. The number of benzene rings is 1. The highest BCUT2D eigenvalue weighted by atomic mass is 32.2. The molecule has 1 fully saturated rings. The Morgan fingerprint density at radius 1 is 1.17 bits per heavy atom. The van der Waals surface area contributed by atoms with Gasteiger partial charge in [-0.3, -0.25) is 4.90 Å². The van der Waals surface area contributed by atoms with Crippen LogP contribution in [0.3, 0.4) is 0 Å². The lowest BCUT2D eigenvalue weighted by molar-refractivity contribution is 0.226. The fourth-order valence-corrected chi connectivity index (χ4v) is 4.89. The molecule has 1 aromatic carbocycles. The molecule has 0 spiro atoms. The fraction of sp³-hybridized carbons (Fsp3) is 0.450. The van der Waals surface area contributed by atoms with Crippen LogP contribution in [0.25, 0.3) is 0 Å². The molecule has 154 valence electrons. The van der Waals surface area contributed by atoms with Crippen molar-refractivity contribution in [2.75, 3.05) is 12.3 Å². The highest BCUT2D eigenvalue weighted by Crippen LogP contribution is 2.33. The minimum atomic E-state index is -3.43. The standard InChI is InChI=1S/C20H25N5O3S/c1-3-29(26,27)20-21-12-17(25(20)13-16-8-5-4-6-9-16)14-24-11-7-10-18(24)19-15(2)22-28-23-19/h4-6,8-9,12,18H,3,7,10-11,13-14H2,1-2H3/t18-/m1/s1. The summed E-state index contributed by atoms with van der Waals surface area (Å²) in [6.45, 7) is 5.51. The molecule has 1 aliphatic rings. The van der Waals surface area contributed by atoms with Gasteiger partial charge in [0.05, 0.1) is 30.2 Å². The number of hydrogen-bond acceptors (Lipinski definition) is 7. The number of hydrogen-bond donors (Lipinski definition) is 0. The molecular formula is C20H25N5O3S. The van der Waals surface area contributed by atoms with Gasteiger partial charge >= 0.3 is 0 Å². The van der Waals surface area contributed by atoms with Crippen molar-refractivity contribution in [2.45, 2.75) is 51.0 Å². The zero-order chi connectivity index (χ0) is 20.4. The van der Waals surface area contributed by atoms with E-state index in [0.717, 1.165) is 42.0 Å². The summed E-state index contributed by atoms with van der Waals surface area (Å²) in [5.41, 5.74) is 3.57. The summed E-state index contributed by atoms with van der Waals surface area (Å²) in [5, 5.41) is 8.14. The second-order valence-electron chi connectivity index (χ2n) is 7.37. The average Bonchev–Trinajstić information content (AvgIpc) is 3.44. The average molecular weight is 416 g/mol. The van der Waals surface area contributed by atoms with Crippen LogP contribution in [0.1, 0.15) is 48.5 Å². The van der Waals surface area contributed by atoms with E-state index in [0.29, 0.717) is 13.1 Å². The molecule has 2 aromatic heterocycles. The molecule has 1 atom stereocenters. The molecule has 1 aliphatic heterocycles. The molecule has 0 amide bonds. The van der Waals surface area contributed by atoms with Gasteiger partial charge in [0.2, 0.25) is 15.0 Å². The third kappa shape index (κ3) is 3.97. The molecule has 0 unspecified atom stereocenters. The Morgan fingerprint density at radius 3 is 2.66 bits per heavy atom. The van der Waals surface area contributed by atoms with Gasteiger partial charge in [-0.25, -0.2) is 18.0 Å². The van der Waals surface area contributed by atoms with E-state index in [4.69, 9.17) is 4.63 Å². The summed E-state index contributed by atoms with van der Waals surface area (Å²) in [7, 11) is -3.43. The molecule has 9 heteroatoms. The van der Waals surface area contributed by atoms with Crippen LogP contribution in [0.15, 0.2) is 46.3 Å². The Balaban J connectivity index is 1.67. The van der Waals surface area contributed by atoms with E-state index < -0.39 is 9.84 Å². The van der Waals surface area contributed by atoms with Crippen LogP contribution < -0.4 is 0 Å². The van der Waals surface area contributed by atoms with Gasteiger partial charge in [0.1, 0.15) is 11.4 Å². The molecule has 3 aromatic rings. The van der Waals surface area contributed by atoms with Gasteiger partial charge in [0, 0.05) is 6.54 Å². The first-order valence-electron chi connectivity index (χ1n) is 9.83. The number of nitrogens with zero attached hydrogens (tertiary/aromatic N) is 5. The Bertz CT molecular complexity index is 1070. The molecule has 4 rings (SSSR count). The SMILES string of the molecule is CCS(=O)(=O)c1ncc(CN2CCC[C@@H]2c2nonc2C)n1Cc1ccccc1. The monoisotopic (exact) mass is 415 g/mol. The molecule has 29 heavy (non-hydrogen) atoms. The molecule has 8 nitrogen and oxygen atoms in total. The minimum Gasteiger partial charge on any atom is -0.313 e. The van der Waals surface area contributed by atoms with E-state index in [1.165, 1.54) is 0 Å². The maximum atomic E-state index is 12.6. The van der Waals surface area contributed by atoms with Crippen molar-refractivity contribution in [3.8, 4) is 0 Å². The van der Waals surface area contributed by atoms with Crippen LogP contribution in [0, 0.1) is 6.92 Å². The summed E-state index contributed by atoms with van der Waals surface area (Å²) in [6, 6.07) is 9.97. The van der Waals surface area contributed by atoms with E-state index in [-0.39, 0.29) is 17.0 Å². The largest absolute Gasteiger partial charge is 0.313 e. The smallest absolute Gasteiger partial charge is 0.228 e. The van der Waals surface area contributed by atoms with Crippen molar-refractivity contribution in [1.82, 2.24) is 24.8 Å². The van der Waals surface area contributed by atoms with Crippen LogP contribution in [0.5, 0.6) is 0 Å².